The number of ether oxygens (including phenoxy) is 1. The van der Waals surface area contributed by atoms with Crippen molar-refractivity contribution in [3.05, 3.63) is 48.6 Å². The van der Waals surface area contributed by atoms with Crippen molar-refractivity contribution in [2.75, 3.05) is 39.8 Å². The fourth-order valence-corrected chi connectivity index (χ4v) is 7.27. The highest BCUT2D eigenvalue weighted by Gasteiger charge is 2.21. The number of amides is 1. The summed E-state index contributed by atoms with van der Waals surface area (Å²) in [6, 6.07) is 0. The highest BCUT2D eigenvalue weighted by Crippen LogP contribution is 2.17. The van der Waals surface area contributed by atoms with Crippen molar-refractivity contribution in [3.8, 4) is 0 Å². The lowest BCUT2D eigenvalue weighted by Crippen LogP contribution is -2.38. The molecule has 0 spiro atoms. The van der Waals surface area contributed by atoms with Gasteiger partial charge in [0.2, 0.25) is 0 Å². The first-order chi connectivity index (χ1) is 25.7. The maximum atomic E-state index is 13.2. The van der Waals surface area contributed by atoms with Gasteiger partial charge < -0.3 is 14.5 Å². The molecule has 0 radical (unpaired) electrons. The molecule has 0 bridgehead atoms. The molecular formula is C48H88N2O2. The van der Waals surface area contributed by atoms with E-state index in [9.17, 15) is 4.79 Å². The molecule has 0 saturated carbocycles. The molecule has 302 valence electrons. The first-order valence-corrected chi connectivity index (χ1v) is 22.9. The molecule has 4 heteroatoms. The summed E-state index contributed by atoms with van der Waals surface area (Å²) in [6.45, 7) is 9.04. The number of nitrogens with zero attached hydrogens (tertiary/aromatic N) is 2. The number of hydrogen-bond donors (Lipinski definition) is 0. The normalized spacial score (nSPS) is 15.6. The number of carbonyl (C=O) groups is 1. The highest BCUT2D eigenvalue weighted by atomic mass is 16.6. The van der Waals surface area contributed by atoms with Crippen LogP contribution in [0.2, 0.25) is 0 Å². The molecule has 52 heavy (non-hydrogen) atoms. The molecule has 1 aliphatic heterocycles. The second kappa shape index (κ2) is 38.9. The van der Waals surface area contributed by atoms with Crippen molar-refractivity contribution in [2.24, 2.45) is 5.92 Å². The standard InChI is InChI=1S/C48H88N2O2/c1-4-6-8-10-12-14-16-18-20-22-24-26-28-30-32-34-36-38-43-50(48(51)52-46-47-41-40-42-49(3)45-47)44-39-37-35-33-31-29-27-25-23-21-19-17-15-13-11-9-7-5-2/h12-15,18-21,47H,4-11,16-17,22-46H2,1-3H3. The minimum Gasteiger partial charge on any atom is -0.449 e. The van der Waals surface area contributed by atoms with Gasteiger partial charge in [0, 0.05) is 25.6 Å². The van der Waals surface area contributed by atoms with E-state index >= 15 is 0 Å². The maximum Gasteiger partial charge on any atom is 0.409 e. The molecule has 1 aliphatic rings. The van der Waals surface area contributed by atoms with Crippen molar-refractivity contribution in [3.63, 3.8) is 0 Å². The van der Waals surface area contributed by atoms with Gasteiger partial charge in [0.05, 0.1) is 6.61 Å². The lowest BCUT2D eigenvalue weighted by Gasteiger charge is -2.30. The van der Waals surface area contributed by atoms with E-state index in [2.05, 4.69) is 74.4 Å². The van der Waals surface area contributed by atoms with Gasteiger partial charge in [-0.1, -0.05) is 165 Å². The highest BCUT2D eigenvalue weighted by molar-refractivity contribution is 5.67. The van der Waals surface area contributed by atoms with Gasteiger partial charge in [0.25, 0.3) is 0 Å². The predicted molar refractivity (Wildman–Crippen MR) is 230 cm³/mol. The van der Waals surface area contributed by atoms with Crippen LogP contribution in [0.4, 0.5) is 4.79 Å². The van der Waals surface area contributed by atoms with Crippen LogP contribution in [0, 0.1) is 5.92 Å². The number of rotatable bonds is 36. The number of piperidine rings is 1. The van der Waals surface area contributed by atoms with Crippen LogP contribution in [0.1, 0.15) is 206 Å². The lowest BCUT2D eigenvalue weighted by atomic mass is 10.00. The molecule has 0 N–H and O–H groups in total. The Balaban J connectivity index is 2.14. The van der Waals surface area contributed by atoms with Crippen LogP contribution in [0.25, 0.3) is 0 Å². The maximum absolute atomic E-state index is 13.2. The fourth-order valence-electron chi connectivity index (χ4n) is 7.27. The third kappa shape index (κ3) is 32.8. The molecule has 1 atom stereocenters. The van der Waals surface area contributed by atoms with Gasteiger partial charge in [-0.2, -0.15) is 0 Å². The smallest absolute Gasteiger partial charge is 0.409 e. The Labute approximate surface area is 325 Å². The minimum absolute atomic E-state index is 0.0673. The van der Waals surface area contributed by atoms with Gasteiger partial charge in [0.15, 0.2) is 0 Å². The first kappa shape index (κ1) is 48.2. The van der Waals surface area contributed by atoms with Crippen LogP contribution in [0.5, 0.6) is 0 Å². The third-order valence-electron chi connectivity index (χ3n) is 10.7. The van der Waals surface area contributed by atoms with Crippen LogP contribution in [0.15, 0.2) is 48.6 Å². The Bertz CT molecular complexity index is 826. The van der Waals surface area contributed by atoms with E-state index in [1.165, 1.54) is 173 Å². The number of allylic oxidation sites excluding steroid dienone is 8. The summed E-state index contributed by atoms with van der Waals surface area (Å²) in [7, 11) is 2.18. The zero-order valence-corrected chi connectivity index (χ0v) is 35.2. The van der Waals surface area contributed by atoms with Crippen LogP contribution in [0.3, 0.4) is 0 Å². The van der Waals surface area contributed by atoms with E-state index in [1.54, 1.807) is 0 Å². The summed E-state index contributed by atoms with van der Waals surface area (Å²) in [5, 5.41) is 0. The van der Waals surface area contributed by atoms with Crippen molar-refractivity contribution in [1.82, 2.24) is 9.80 Å². The molecule has 0 aromatic carbocycles. The van der Waals surface area contributed by atoms with Crippen molar-refractivity contribution < 1.29 is 9.53 Å². The molecule has 1 amide bonds. The van der Waals surface area contributed by atoms with Gasteiger partial charge in [0.1, 0.15) is 0 Å². The zero-order valence-electron chi connectivity index (χ0n) is 35.2. The Morgan fingerprint density at radius 3 is 1.35 bits per heavy atom. The van der Waals surface area contributed by atoms with E-state index in [0.717, 1.165) is 45.3 Å². The fraction of sp³-hybridized carbons (Fsp3) is 0.812. The number of hydrogen-bond acceptors (Lipinski definition) is 3. The number of unbranched alkanes of at least 4 members (excludes halogenated alkanes) is 22. The van der Waals surface area contributed by atoms with Crippen molar-refractivity contribution in [1.29, 1.82) is 0 Å². The van der Waals surface area contributed by atoms with E-state index < -0.39 is 0 Å². The molecule has 1 rings (SSSR count). The quantitative estimate of drug-likeness (QED) is 0.0476. The molecule has 1 fully saturated rings. The average Bonchev–Trinajstić information content (AvgIpc) is 3.15. The van der Waals surface area contributed by atoms with Gasteiger partial charge in [-0.25, -0.2) is 4.79 Å². The van der Waals surface area contributed by atoms with E-state index in [-0.39, 0.29) is 6.09 Å². The molecule has 1 saturated heterocycles. The second-order valence-electron chi connectivity index (χ2n) is 15.9. The van der Waals surface area contributed by atoms with Gasteiger partial charge >= 0.3 is 6.09 Å². The summed E-state index contributed by atoms with van der Waals surface area (Å²) in [5.74, 6) is 0.487. The van der Waals surface area contributed by atoms with Crippen LogP contribution < -0.4 is 0 Å². The molecule has 1 unspecified atom stereocenters. The average molecular weight is 725 g/mol. The molecule has 4 nitrogen and oxygen atoms in total. The second-order valence-corrected chi connectivity index (χ2v) is 15.9. The Morgan fingerprint density at radius 1 is 0.558 bits per heavy atom. The van der Waals surface area contributed by atoms with E-state index in [0.29, 0.717) is 12.5 Å². The Kier molecular flexibility index (Phi) is 36.1. The predicted octanol–water partition coefficient (Wildman–Crippen LogP) is 15.0. The van der Waals surface area contributed by atoms with E-state index in [4.69, 9.17) is 4.74 Å². The molecule has 0 aromatic heterocycles. The Hall–Kier alpha value is -1.81. The van der Waals surface area contributed by atoms with Crippen molar-refractivity contribution >= 4 is 6.09 Å². The summed E-state index contributed by atoms with van der Waals surface area (Å²) in [6.07, 6.45) is 56.8. The third-order valence-corrected chi connectivity index (χ3v) is 10.7. The van der Waals surface area contributed by atoms with Gasteiger partial charge in [-0.05, 0) is 103 Å². The lowest BCUT2D eigenvalue weighted by molar-refractivity contribution is 0.0689. The van der Waals surface area contributed by atoms with E-state index in [1.807, 2.05) is 4.90 Å². The van der Waals surface area contributed by atoms with Crippen LogP contribution in [-0.2, 0) is 4.74 Å². The van der Waals surface area contributed by atoms with Gasteiger partial charge in [-0.3, -0.25) is 0 Å². The number of carbonyl (C=O) groups excluding carboxylic acids is 1. The number of likely N-dealkylation sites (tertiary alicyclic amines) is 1. The van der Waals surface area contributed by atoms with Crippen molar-refractivity contribution in [2.45, 2.75) is 206 Å². The summed E-state index contributed by atoms with van der Waals surface area (Å²) in [5.41, 5.74) is 0. The summed E-state index contributed by atoms with van der Waals surface area (Å²) >= 11 is 0. The zero-order chi connectivity index (χ0) is 37.4. The van der Waals surface area contributed by atoms with Crippen LogP contribution in [-0.4, -0.2) is 55.7 Å². The Morgan fingerprint density at radius 2 is 0.942 bits per heavy atom. The molecular weight excluding hydrogens is 637 g/mol. The van der Waals surface area contributed by atoms with Gasteiger partial charge in [-0.15, -0.1) is 0 Å². The minimum atomic E-state index is -0.0673. The molecule has 0 aliphatic carbocycles. The topological polar surface area (TPSA) is 32.8 Å². The monoisotopic (exact) mass is 725 g/mol. The summed E-state index contributed by atoms with van der Waals surface area (Å²) in [4.78, 5) is 17.6. The largest absolute Gasteiger partial charge is 0.449 e. The van der Waals surface area contributed by atoms with Crippen LogP contribution >= 0.6 is 0 Å². The molecule has 1 heterocycles. The molecule has 0 aromatic rings. The SMILES string of the molecule is CCCCCC=CCC=CCCCCCCCCCCN(CCCCCCCCCCC=CCC=CCCCCC)C(=O)OCC1CCCN(C)C1. The summed E-state index contributed by atoms with van der Waals surface area (Å²) < 4.78 is 5.91. The first-order valence-electron chi connectivity index (χ1n) is 22.9.